The fraction of sp³-hybridized carbons (Fsp3) is 0.0526. The molecule has 0 saturated heterocycles. The van der Waals surface area contributed by atoms with Gasteiger partial charge in [0.05, 0.1) is 9.52 Å². The summed E-state index contributed by atoms with van der Waals surface area (Å²) in [6, 6.07) is 24.8. The number of hydrogen-bond donors (Lipinski definition) is 0. The second-order valence-electron chi connectivity index (χ2n) is 5.43. The molecule has 0 aliphatic rings. The third kappa shape index (κ3) is 1.83. The van der Waals surface area contributed by atoms with Crippen molar-refractivity contribution in [2.45, 2.75) is 6.55 Å². The van der Waals surface area contributed by atoms with Gasteiger partial charge in [0.1, 0.15) is 0 Å². The van der Waals surface area contributed by atoms with Crippen molar-refractivity contribution in [1.29, 1.82) is 0 Å². The zero-order valence-electron chi connectivity index (χ0n) is 11.6. The molecule has 4 aromatic rings. The Morgan fingerprint density at radius 3 is 1.65 bits per heavy atom. The molecule has 4 aromatic carbocycles. The average Bonchev–Trinajstić information content (AvgIpc) is 2.50. The van der Waals surface area contributed by atoms with E-state index in [0.717, 1.165) is 0 Å². The number of rotatable bonds is 1. The largest absolute Gasteiger partial charge is 0.0708 e. The molecular weight excluding hydrogens is 256 g/mol. The fourth-order valence-corrected chi connectivity index (χ4v) is 3.74. The summed E-state index contributed by atoms with van der Waals surface area (Å²) >= 11 is 0. The van der Waals surface area contributed by atoms with Crippen LogP contribution in [0.1, 0.15) is 0 Å². The molecule has 96 valence electrons. The van der Waals surface area contributed by atoms with Gasteiger partial charge in [-0.3, -0.25) is 0 Å². The minimum Gasteiger partial charge on any atom is -0.0708 e. The van der Waals surface area contributed by atoms with E-state index in [1.54, 1.807) is 0 Å². The van der Waals surface area contributed by atoms with Gasteiger partial charge in [0.25, 0.3) is 0 Å². The van der Waals surface area contributed by atoms with E-state index in [2.05, 4.69) is 73.3 Å². The quantitative estimate of drug-likeness (QED) is 0.363. The van der Waals surface area contributed by atoms with Crippen LogP contribution >= 0.6 is 0 Å². The highest BCUT2D eigenvalue weighted by atomic mass is 28.2. The van der Waals surface area contributed by atoms with Gasteiger partial charge >= 0.3 is 0 Å². The Bertz CT molecular complexity index is 938. The van der Waals surface area contributed by atoms with E-state index < -0.39 is 0 Å². The molecule has 0 atom stereocenters. The molecule has 1 heteroatoms. The van der Waals surface area contributed by atoms with Gasteiger partial charge in [0.2, 0.25) is 0 Å². The van der Waals surface area contributed by atoms with Crippen molar-refractivity contribution >= 4 is 47.0 Å². The monoisotopic (exact) mass is 272 g/mol. The lowest BCUT2D eigenvalue weighted by Crippen LogP contribution is -2.08. The van der Waals surface area contributed by atoms with Crippen molar-refractivity contribution in [2.75, 3.05) is 0 Å². The first kappa shape index (κ1) is 11.7. The van der Waals surface area contributed by atoms with Crippen LogP contribution in [-0.2, 0) is 0 Å². The first-order valence-electron chi connectivity index (χ1n) is 7.19. The van der Waals surface area contributed by atoms with Gasteiger partial charge < -0.3 is 0 Å². The van der Waals surface area contributed by atoms with Crippen LogP contribution in [0.3, 0.4) is 0 Å². The highest BCUT2D eigenvalue weighted by molar-refractivity contribution is 6.52. The topological polar surface area (TPSA) is 0 Å². The van der Waals surface area contributed by atoms with Gasteiger partial charge in [-0.1, -0.05) is 54.2 Å². The smallest absolute Gasteiger partial charge is 0.0517 e. The van der Waals surface area contributed by atoms with Crippen LogP contribution in [-0.4, -0.2) is 9.52 Å². The van der Waals surface area contributed by atoms with Crippen LogP contribution in [0, 0.1) is 0 Å². The Labute approximate surface area is 120 Å². The van der Waals surface area contributed by atoms with Gasteiger partial charge in [-0.25, -0.2) is 0 Å². The molecule has 0 nitrogen and oxygen atoms in total. The van der Waals surface area contributed by atoms with E-state index in [0.29, 0.717) is 0 Å². The molecule has 4 rings (SSSR count). The third-order valence-corrected chi connectivity index (χ3v) is 5.39. The Balaban J connectivity index is 2.09. The van der Waals surface area contributed by atoms with Crippen molar-refractivity contribution in [3.63, 3.8) is 0 Å². The van der Waals surface area contributed by atoms with E-state index in [1.807, 2.05) is 0 Å². The molecule has 0 fully saturated rings. The Hall–Kier alpha value is -2.12. The molecule has 0 bridgehead atoms. The third-order valence-electron chi connectivity index (χ3n) is 4.13. The molecule has 0 unspecified atom stereocenters. The summed E-state index contributed by atoms with van der Waals surface area (Å²) in [5.41, 5.74) is 0. The minimum atomic E-state index is -0.0820. The summed E-state index contributed by atoms with van der Waals surface area (Å²) < 4.78 is 0. The van der Waals surface area contributed by atoms with Crippen LogP contribution in [0.25, 0.3) is 32.3 Å². The first-order chi connectivity index (χ1) is 9.83. The Morgan fingerprint density at radius 1 is 0.550 bits per heavy atom. The van der Waals surface area contributed by atoms with Crippen LogP contribution in [0.15, 0.2) is 66.7 Å². The van der Waals surface area contributed by atoms with E-state index in [-0.39, 0.29) is 9.52 Å². The molecule has 0 amide bonds. The summed E-state index contributed by atoms with van der Waals surface area (Å²) in [5, 5.41) is 9.57. The summed E-state index contributed by atoms with van der Waals surface area (Å²) in [6.07, 6.45) is 0. The number of benzene rings is 4. The second-order valence-corrected chi connectivity index (χ2v) is 6.96. The predicted molar refractivity (Wildman–Crippen MR) is 93.0 cm³/mol. The summed E-state index contributed by atoms with van der Waals surface area (Å²) in [7, 11) is -0.0820. The van der Waals surface area contributed by atoms with Crippen molar-refractivity contribution in [2.24, 2.45) is 0 Å². The maximum atomic E-state index is 2.37. The molecule has 20 heavy (non-hydrogen) atoms. The number of hydrogen-bond acceptors (Lipinski definition) is 0. The van der Waals surface area contributed by atoms with Gasteiger partial charge in [0.15, 0.2) is 0 Å². The normalized spacial score (nSPS) is 12.1. The Kier molecular flexibility index (Phi) is 2.61. The van der Waals surface area contributed by atoms with Crippen molar-refractivity contribution in [3.8, 4) is 0 Å². The molecule has 0 N–H and O–H groups in total. The lowest BCUT2D eigenvalue weighted by atomic mass is 10.00. The van der Waals surface area contributed by atoms with Gasteiger partial charge in [0, 0.05) is 0 Å². The molecule has 0 aliphatic carbocycles. The van der Waals surface area contributed by atoms with Crippen LogP contribution < -0.4 is 5.19 Å². The maximum absolute atomic E-state index is 2.37. The van der Waals surface area contributed by atoms with Crippen LogP contribution in [0.5, 0.6) is 0 Å². The fourth-order valence-electron chi connectivity index (χ4n) is 2.96. The van der Waals surface area contributed by atoms with Gasteiger partial charge in [-0.2, -0.15) is 0 Å². The van der Waals surface area contributed by atoms with Crippen molar-refractivity contribution in [1.82, 2.24) is 0 Å². The van der Waals surface area contributed by atoms with Gasteiger partial charge in [-0.15, -0.1) is 0 Å². The molecule has 0 heterocycles. The molecule has 0 radical (unpaired) electrons. The maximum Gasteiger partial charge on any atom is 0.0517 e. The Morgan fingerprint density at radius 2 is 1.05 bits per heavy atom. The first-order valence-corrected chi connectivity index (χ1v) is 9.31. The highest BCUT2D eigenvalue weighted by Gasteiger charge is 2.01. The molecule has 0 aliphatic heterocycles. The summed E-state index contributed by atoms with van der Waals surface area (Å²) in [4.78, 5) is 0. The lowest BCUT2D eigenvalue weighted by molar-refractivity contribution is 1.79. The van der Waals surface area contributed by atoms with Crippen LogP contribution in [0.4, 0.5) is 0 Å². The average molecular weight is 272 g/mol. The van der Waals surface area contributed by atoms with E-state index in [9.17, 15) is 0 Å². The molecule has 0 spiro atoms. The van der Waals surface area contributed by atoms with Crippen LogP contribution in [0.2, 0.25) is 6.55 Å². The standard InChI is InChI=1S/C19H16Si/c1-20-19-7-6-15-10-16-8-13-4-2-3-5-14(13)9-17(16)11-18(15)12-19/h2-12H,20H2,1H3. The summed E-state index contributed by atoms with van der Waals surface area (Å²) in [5.74, 6) is 0. The molecule has 0 saturated carbocycles. The van der Waals surface area contributed by atoms with Crippen molar-refractivity contribution in [3.05, 3.63) is 66.7 Å². The minimum absolute atomic E-state index is 0.0820. The zero-order valence-corrected chi connectivity index (χ0v) is 13.0. The highest BCUT2D eigenvalue weighted by Crippen LogP contribution is 2.26. The predicted octanol–water partition coefficient (Wildman–Crippen LogP) is 3.99. The van der Waals surface area contributed by atoms with E-state index >= 15 is 0 Å². The number of fused-ring (bicyclic) bond motifs is 3. The van der Waals surface area contributed by atoms with E-state index in [4.69, 9.17) is 0 Å². The summed E-state index contributed by atoms with van der Waals surface area (Å²) in [6.45, 7) is 2.34. The van der Waals surface area contributed by atoms with Crippen molar-refractivity contribution < 1.29 is 0 Å². The second kappa shape index (κ2) is 4.46. The molecular formula is C19H16Si. The SMILES string of the molecule is C[SiH2]c1ccc2cc3cc4ccccc4cc3cc2c1. The zero-order chi connectivity index (χ0) is 13.5. The lowest BCUT2D eigenvalue weighted by Gasteiger charge is -2.06. The molecule has 0 aromatic heterocycles. The van der Waals surface area contributed by atoms with Gasteiger partial charge in [-0.05, 0) is 56.6 Å². The van der Waals surface area contributed by atoms with E-state index in [1.165, 1.54) is 37.5 Å².